The van der Waals surface area contributed by atoms with Crippen LogP contribution < -0.4 is 9.72 Å². The lowest BCUT2D eigenvalue weighted by Gasteiger charge is -2.05. The number of fused-ring (bicyclic) bond motifs is 3. The molecule has 8 heteroatoms. The summed E-state index contributed by atoms with van der Waals surface area (Å²) in [6.45, 7) is 3.33. The van der Waals surface area contributed by atoms with E-state index >= 15 is 0 Å². The van der Waals surface area contributed by atoms with Gasteiger partial charge < -0.3 is 9.87 Å². The number of rotatable bonds is 3. The highest BCUT2D eigenvalue weighted by Gasteiger charge is 2.17. The number of carbonyl (C=O) groups is 1. The summed E-state index contributed by atoms with van der Waals surface area (Å²) in [5.74, 6) is -0.0608. The predicted molar refractivity (Wildman–Crippen MR) is 135 cm³/mol. The number of hydrogen-bond donors (Lipinski definition) is 1. The fourth-order valence-electron chi connectivity index (χ4n) is 3.86. The van der Waals surface area contributed by atoms with Crippen LogP contribution in [0, 0.1) is 6.92 Å². The summed E-state index contributed by atoms with van der Waals surface area (Å²) in [7, 11) is -2.20. The van der Waals surface area contributed by atoms with Crippen LogP contribution >= 0.6 is 0 Å². The van der Waals surface area contributed by atoms with E-state index in [9.17, 15) is 17.8 Å². The molecule has 5 rings (SSSR count). The van der Waals surface area contributed by atoms with Gasteiger partial charge in [-0.05, 0) is 55.5 Å². The molecule has 1 amide bonds. The van der Waals surface area contributed by atoms with Crippen molar-refractivity contribution in [2.24, 2.45) is 7.05 Å². The number of imidazole rings is 1. The summed E-state index contributed by atoms with van der Waals surface area (Å²) in [4.78, 5) is 11.0. The maximum Gasteiger partial charge on any atom is 0.286 e. The van der Waals surface area contributed by atoms with Crippen LogP contribution in [0.25, 0.3) is 27.8 Å². The van der Waals surface area contributed by atoms with E-state index in [0.29, 0.717) is 0 Å². The van der Waals surface area contributed by atoms with Crippen molar-refractivity contribution >= 4 is 38.3 Å². The summed E-state index contributed by atoms with van der Waals surface area (Å²) in [6, 6.07) is 26.3. The minimum Gasteiger partial charge on any atom is -0.744 e. The lowest BCUT2D eigenvalue weighted by atomic mass is 10.1. The molecule has 2 heterocycles. The number of nitrogens with zero attached hydrogens (tertiary/aromatic N) is 2. The molecule has 0 aliphatic rings. The molecule has 2 aromatic heterocycles. The van der Waals surface area contributed by atoms with Gasteiger partial charge in [-0.15, -0.1) is 0 Å². The second-order valence-electron chi connectivity index (χ2n) is 8.22. The van der Waals surface area contributed by atoms with Gasteiger partial charge in [-0.1, -0.05) is 35.9 Å². The molecule has 0 spiro atoms. The molecule has 7 nitrogen and oxygen atoms in total. The topological polar surface area (TPSA) is 95.3 Å². The van der Waals surface area contributed by atoms with E-state index in [1.54, 1.807) is 12.1 Å². The third-order valence-electron chi connectivity index (χ3n) is 5.62. The zero-order valence-electron chi connectivity index (χ0n) is 19.6. The molecule has 0 unspecified atom stereocenters. The van der Waals surface area contributed by atoms with Crippen molar-refractivity contribution in [3.8, 4) is 11.3 Å². The third kappa shape index (κ3) is 5.40. The van der Waals surface area contributed by atoms with Crippen molar-refractivity contribution in [3.05, 3.63) is 96.7 Å². The van der Waals surface area contributed by atoms with E-state index < -0.39 is 10.1 Å². The van der Waals surface area contributed by atoms with Gasteiger partial charge in [0.25, 0.3) is 5.65 Å². The quantitative estimate of drug-likeness (QED) is 0.301. The average molecular weight is 488 g/mol. The van der Waals surface area contributed by atoms with Crippen LogP contribution in [0.1, 0.15) is 12.5 Å². The first-order chi connectivity index (χ1) is 16.6. The normalized spacial score (nSPS) is 11.2. The van der Waals surface area contributed by atoms with Gasteiger partial charge in [0.15, 0.2) is 5.69 Å². The molecule has 0 aliphatic heterocycles. The van der Waals surface area contributed by atoms with Crippen molar-refractivity contribution in [2.45, 2.75) is 18.7 Å². The van der Waals surface area contributed by atoms with Gasteiger partial charge in [0, 0.05) is 29.6 Å². The first-order valence-electron chi connectivity index (χ1n) is 10.9. The van der Waals surface area contributed by atoms with E-state index in [2.05, 4.69) is 63.9 Å². The maximum atomic E-state index is 11.1. The van der Waals surface area contributed by atoms with Gasteiger partial charge in [-0.3, -0.25) is 4.79 Å². The molecule has 5 aromatic rings. The monoisotopic (exact) mass is 487 g/mol. The lowest BCUT2D eigenvalue weighted by Crippen LogP contribution is -2.20. The van der Waals surface area contributed by atoms with Crippen LogP contribution in [0.5, 0.6) is 0 Å². The van der Waals surface area contributed by atoms with Crippen LogP contribution in [0.4, 0.5) is 5.69 Å². The average Bonchev–Trinajstić information content (AvgIpc) is 3.16. The van der Waals surface area contributed by atoms with Crippen LogP contribution in [-0.2, 0) is 22.0 Å². The van der Waals surface area contributed by atoms with E-state index in [0.717, 1.165) is 28.2 Å². The Hall–Kier alpha value is -4.01. The van der Waals surface area contributed by atoms with Crippen molar-refractivity contribution in [2.75, 3.05) is 5.32 Å². The van der Waals surface area contributed by atoms with Gasteiger partial charge in [0.05, 0.1) is 11.9 Å². The van der Waals surface area contributed by atoms with Gasteiger partial charge >= 0.3 is 0 Å². The molecular weight excluding hydrogens is 462 g/mol. The number of aromatic nitrogens is 2. The predicted octanol–water partition coefficient (Wildman–Crippen LogP) is 4.44. The largest absolute Gasteiger partial charge is 0.744 e. The Bertz CT molecular complexity index is 1620. The molecule has 0 saturated carbocycles. The number of aryl methyl sites for hydroxylation is 2. The fraction of sp³-hybridized carbons (Fsp3) is 0.111. The fourth-order valence-corrected chi connectivity index (χ4v) is 4.33. The van der Waals surface area contributed by atoms with Crippen LogP contribution in [0.3, 0.4) is 0 Å². The number of nitrogens with one attached hydrogen (secondary N) is 1. The summed E-state index contributed by atoms with van der Waals surface area (Å²) in [6.07, 6.45) is 2.16. The van der Waals surface area contributed by atoms with Crippen LogP contribution in [-0.4, -0.2) is 23.4 Å². The van der Waals surface area contributed by atoms with Gasteiger partial charge in [0.2, 0.25) is 5.91 Å². The Morgan fingerprint density at radius 2 is 1.57 bits per heavy atom. The molecule has 3 aromatic carbocycles. The second-order valence-corrected chi connectivity index (χ2v) is 9.60. The Morgan fingerprint density at radius 3 is 2.20 bits per heavy atom. The number of carbonyl (C=O) groups excluding carboxylic acids is 1. The summed E-state index contributed by atoms with van der Waals surface area (Å²) >= 11 is 0. The van der Waals surface area contributed by atoms with Crippen molar-refractivity contribution < 1.29 is 22.2 Å². The van der Waals surface area contributed by atoms with E-state index in [1.165, 1.54) is 30.0 Å². The van der Waals surface area contributed by atoms with E-state index in [1.807, 2.05) is 31.2 Å². The molecule has 35 heavy (non-hydrogen) atoms. The van der Waals surface area contributed by atoms with Crippen molar-refractivity contribution in [1.29, 1.82) is 0 Å². The summed E-state index contributed by atoms with van der Waals surface area (Å²) < 4.78 is 35.6. The Kier molecular flexibility index (Phi) is 6.68. The van der Waals surface area contributed by atoms with Crippen LogP contribution in [0.2, 0.25) is 0 Å². The first kappa shape index (κ1) is 24.1. The molecule has 0 radical (unpaired) electrons. The lowest BCUT2D eigenvalue weighted by molar-refractivity contribution is -0.479. The number of hydrogen-bond acceptors (Lipinski definition) is 4. The molecule has 0 fully saturated rings. The highest BCUT2D eigenvalue weighted by Crippen LogP contribution is 2.23. The molecular formula is C27H25N3O4S. The smallest absolute Gasteiger partial charge is 0.286 e. The molecule has 0 saturated heterocycles. The summed E-state index contributed by atoms with van der Waals surface area (Å²) in [5, 5.41) is 4.01. The molecule has 1 N–H and O–H groups in total. The van der Waals surface area contributed by atoms with Gasteiger partial charge in [-0.2, -0.15) is 4.40 Å². The molecule has 0 bridgehead atoms. The standard InChI is InChI=1S/C20H17N3O.C7H8O3S/c1-14(24)21-17-10-7-16(8-11-17)19-13-23-18-6-4-3-5-15(18)9-12-20(23)22(19)2;1-6-2-4-7(5-3-6)11(8,9)10/h3-13H,1-2H3;2-5H,1H3,(H,8,9,10). The highest BCUT2D eigenvalue weighted by molar-refractivity contribution is 7.85. The maximum absolute atomic E-state index is 11.1. The van der Waals surface area contributed by atoms with Crippen molar-refractivity contribution in [1.82, 2.24) is 4.57 Å². The molecule has 178 valence electrons. The number of para-hydroxylation sites is 1. The third-order valence-corrected chi connectivity index (χ3v) is 6.47. The number of anilines is 1. The second kappa shape index (κ2) is 9.69. The highest BCUT2D eigenvalue weighted by atomic mass is 32.2. The van der Waals surface area contributed by atoms with E-state index in [4.69, 9.17) is 0 Å². The molecule has 0 aliphatic carbocycles. The Balaban J connectivity index is 0.000000221. The first-order valence-corrected chi connectivity index (χ1v) is 12.3. The zero-order chi connectivity index (χ0) is 25.2. The minimum atomic E-state index is -4.27. The SMILES string of the molecule is CC(=O)Nc1ccc(-c2c[n+]3c4ccccc4ccc3n2C)cc1.Cc1ccc(S(=O)(=O)[O-])cc1. The van der Waals surface area contributed by atoms with Gasteiger partial charge in [-0.25, -0.2) is 13.0 Å². The van der Waals surface area contributed by atoms with Crippen molar-refractivity contribution in [3.63, 3.8) is 0 Å². The van der Waals surface area contributed by atoms with Crippen LogP contribution in [0.15, 0.2) is 96.0 Å². The van der Waals surface area contributed by atoms with Gasteiger partial charge in [0.1, 0.15) is 21.8 Å². The van der Waals surface area contributed by atoms with E-state index in [-0.39, 0.29) is 10.8 Å². The molecule has 0 atom stereocenters. The number of amides is 1. The number of benzene rings is 3. The Morgan fingerprint density at radius 1 is 0.914 bits per heavy atom. The summed E-state index contributed by atoms with van der Waals surface area (Å²) in [5.41, 5.74) is 6.29. The Labute approximate surface area is 204 Å². The number of pyridine rings is 1. The zero-order valence-corrected chi connectivity index (χ0v) is 20.4. The minimum absolute atomic E-state index is 0.0608.